The predicted octanol–water partition coefficient (Wildman–Crippen LogP) is 6.98. The van der Waals surface area contributed by atoms with Crippen LogP contribution in [0.3, 0.4) is 0 Å². The molecule has 0 spiro atoms. The molecule has 0 saturated carbocycles. The highest BCUT2D eigenvalue weighted by Gasteiger charge is 2.19. The molecule has 0 N–H and O–H groups in total. The van der Waals surface area contributed by atoms with Crippen LogP contribution in [0, 0.1) is 5.92 Å². The number of hydrogen-bond acceptors (Lipinski definition) is 5. The van der Waals surface area contributed by atoms with E-state index in [0.717, 1.165) is 25.7 Å². The van der Waals surface area contributed by atoms with Gasteiger partial charge in [0.1, 0.15) is 0 Å². The number of esters is 2. The van der Waals surface area contributed by atoms with E-state index in [-0.39, 0.29) is 11.1 Å². The fourth-order valence-corrected chi connectivity index (χ4v) is 3.57. The Balaban J connectivity index is 2.27. The van der Waals surface area contributed by atoms with Crippen molar-refractivity contribution in [2.75, 3.05) is 26.9 Å². The van der Waals surface area contributed by atoms with Crippen molar-refractivity contribution in [2.24, 2.45) is 5.92 Å². The maximum absolute atomic E-state index is 12.5. The van der Waals surface area contributed by atoms with Crippen molar-refractivity contribution in [2.45, 2.75) is 90.9 Å². The first-order chi connectivity index (χ1) is 15.6. The Morgan fingerprint density at radius 2 is 1.19 bits per heavy atom. The summed E-state index contributed by atoms with van der Waals surface area (Å²) in [6.45, 7) is 5.75. The summed E-state index contributed by atoms with van der Waals surface area (Å²) >= 11 is 0. The highest BCUT2D eigenvalue weighted by Crippen LogP contribution is 2.15. The Morgan fingerprint density at radius 1 is 0.719 bits per heavy atom. The molecule has 1 atom stereocenters. The molecule has 182 valence electrons. The van der Waals surface area contributed by atoms with Crippen LogP contribution in [0.25, 0.3) is 0 Å². The Bertz CT molecular complexity index is 628. The van der Waals surface area contributed by atoms with Gasteiger partial charge in [-0.3, -0.25) is 0 Å². The van der Waals surface area contributed by atoms with Gasteiger partial charge in [0.15, 0.2) is 0 Å². The zero-order valence-corrected chi connectivity index (χ0v) is 20.5. The summed E-state index contributed by atoms with van der Waals surface area (Å²) in [6.07, 6.45) is 14.0. The number of carbonyl (C=O) groups is 2. The van der Waals surface area contributed by atoms with Gasteiger partial charge >= 0.3 is 11.9 Å². The van der Waals surface area contributed by atoms with Crippen LogP contribution < -0.4 is 0 Å². The number of unbranched alkanes of at least 4 members (excludes halogenated alkanes) is 9. The number of benzene rings is 1. The van der Waals surface area contributed by atoms with Gasteiger partial charge in [0, 0.05) is 13.7 Å². The van der Waals surface area contributed by atoms with E-state index in [1.807, 2.05) is 0 Å². The zero-order valence-electron chi connectivity index (χ0n) is 20.5. The van der Waals surface area contributed by atoms with E-state index in [9.17, 15) is 9.59 Å². The average molecular weight is 449 g/mol. The number of hydrogen-bond donors (Lipinski definition) is 0. The van der Waals surface area contributed by atoms with Crippen LogP contribution >= 0.6 is 0 Å². The molecule has 0 aliphatic heterocycles. The molecule has 1 aromatic carbocycles. The summed E-state index contributed by atoms with van der Waals surface area (Å²) in [5, 5.41) is 0. The van der Waals surface area contributed by atoms with Gasteiger partial charge < -0.3 is 14.2 Å². The Morgan fingerprint density at radius 3 is 1.72 bits per heavy atom. The summed E-state index contributed by atoms with van der Waals surface area (Å²) in [6, 6.07) is 6.71. The average Bonchev–Trinajstić information content (AvgIpc) is 2.81. The Hall–Kier alpha value is -1.88. The third-order valence-corrected chi connectivity index (χ3v) is 5.76. The Kier molecular flexibility index (Phi) is 16.4. The normalized spacial score (nSPS) is 11.8. The lowest BCUT2D eigenvalue weighted by Crippen LogP contribution is -2.15. The SMILES string of the molecule is CCCCCCCCCCCCOC(=O)c1ccccc1C(=O)OCCC(C)CCOC. The molecule has 0 aromatic heterocycles. The van der Waals surface area contributed by atoms with Crippen LogP contribution in [0.1, 0.15) is 112 Å². The summed E-state index contributed by atoms with van der Waals surface area (Å²) in [7, 11) is 1.68. The van der Waals surface area contributed by atoms with E-state index in [1.165, 1.54) is 51.4 Å². The third-order valence-electron chi connectivity index (χ3n) is 5.76. The van der Waals surface area contributed by atoms with Crippen LogP contribution in [0.4, 0.5) is 0 Å². The monoisotopic (exact) mass is 448 g/mol. The molecular formula is C27H44O5. The first-order valence-electron chi connectivity index (χ1n) is 12.5. The highest BCUT2D eigenvalue weighted by atomic mass is 16.5. The molecule has 0 radical (unpaired) electrons. The molecule has 1 unspecified atom stereocenters. The van der Waals surface area contributed by atoms with Gasteiger partial charge in [-0.1, -0.05) is 83.8 Å². The molecule has 0 heterocycles. The molecule has 0 amide bonds. The van der Waals surface area contributed by atoms with Gasteiger partial charge in [-0.25, -0.2) is 9.59 Å². The lowest BCUT2D eigenvalue weighted by molar-refractivity contribution is 0.0440. The summed E-state index contributed by atoms with van der Waals surface area (Å²) < 4.78 is 15.9. The van der Waals surface area contributed by atoms with Crippen LogP contribution in [-0.4, -0.2) is 38.9 Å². The minimum absolute atomic E-state index is 0.269. The van der Waals surface area contributed by atoms with Gasteiger partial charge in [-0.15, -0.1) is 0 Å². The number of rotatable bonds is 19. The van der Waals surface area contributed by atoms with E-state index in [0.29, 0.717) is 25.7 Å². The van der Waals surface area contributed by atoms with E-state index in [1.54, 1.807) is 31.4 Å². The molecule has 5 heteroatoms. The van der Waals surface area contributed by atoms with Crippen molar-refractivity contribution in [3.63, 3.8) is 0 Å². The minimum atomic E-state index is -0.476. The first-order valence-corrected chi connectivity index (χ1v) is 12.5. The molecule has 32 heavy (non-hydrogen) atoms. The van der Waals surface area contributed by atoms with Crippen molar-refractivity contribution in [3.05, 3.63) is 35.4 Å². The van der Waals surface area contributed by atoms with Crippen LogP contribution in [0.5, 0.6) is 0 Å². The molecule has 5 nitrogen and oxygen atoms in total. The molecule has 0 bridgehead atoms. The maximum atomic E-state index is 12.5. The largest absolute Gasteiger partial charge is 0.462 e. The first kappa shape index (κ1) is 28.2. The van der Waals surface area contributed by atoms with Gasteiger partial charge in [-0.2, -0.15) is 0 Å². The molecule has 0 saturated heterocycles. The maximum Gasteiger partial charge on any atom is 0.339 e. The molecule has 1 aromatic rings. The molecule has 1 rings (SSSR count). The zero-order chi connectivity index (χ0) is 23.4. The van der Waals surface area contributed by atoms with Crippen LogP contribution in [0.2, 0.25) is 0 Å². The summed E-state index contributed by atoms with van der Waals surface area (Å²) in [5.74, 6) is -0.526. The molecular weight excluding hydrogens is 404 g/mol. The summed E-state index contributed by atoms with van der Waals surface area (Å²) in [5.41, 5.74) is 0.544. The van der Waals surface area contributed by atoms with E-state index < -0.39 is 11.9 Å². The second-order valence-electron chi connectivity index (χ2n) is 8.67. The number of methoxy groups -OCH3 is 1. The second-order valence-corrected chi connectivity index (χ2v) is 8.67. The predicted molar refractivity (Wildman–Crippen MR) is 129 cm³/mol. The van der Waals surface area contributed by atoms with Gasteiger partial charge in [0.05, 0.1) is 24.3 Å². The van der Waals surface area contributed by atoms with Gasteiger partial charge in [0.2, 0.25) is 0 Å². The smallest absolute Gasteiger partial charge is 0.339 e. The van der Waals surface area contributed by atoms with Gasteiger partial charge in [-0.05, 0) is 37.3 Å². The Labute approximate surface area is 195 Å². The van der Waals surface area contributed by atoms with Gasteiger partial charge in [0.25, 0.3) is 0 Å². The van der Waals surface area contributed by atoms with Crippen molar-refractivity contribution < 1.29 is 23.8 Å². The second kappa shape index (κ2) is 18.7. The molecule has 0 aliphatic rings. The van der Waals surface area contributed by atoms with Crippen molar-refractivity contribution in [3.8, 4) is 0 Å². The van der Waals surface area contributed by atoms with E-state index in [2.05, 4.69) is 13.8 Å². The topological polar surface area (TPSA) is 61.8 Å². The van der Waals surface area contributed by atoms with Crippen LogP contribution in [-0.2, 0) is 14.2 Å². The van der Waals surface area contributed by atoms with E-state index >= 15 is 0 Å². The lowest BCUT2D eigenvalue weighted by atomic mass is 10.1. The minimum Gasteiger partial charge on any atom is -0.462 e. The quantitative estimate of drug-likeness (QED) is 0.169. The summed E-state index contributed by atoms with van der Waals surface area (Å²) in [4.78, 5) is 25.0. The van der Waals surface area contributed by atoms with Crippen molar-refractivity contribution in [1.82, 2.24) is 0 Å². The lowest BCUT2D eigenvalue weighted by Gasteiger charge is -2.12. The fourth-order valence-electron chi connectivity index (χ4n) is 3.57. The van der Waals surface area contributed by atoms with E-state index in [4.69, 9.17) is 14.2 Å². The van der Waals surface area contributed by atoms with Crippen molar-refractivity contribution in [1.29, 1.82) is 0 Å². The third kappa shape index (κ3) is 12.8. The van der Waals surface area contributed by atoms with Crippen molar-refractivity contribution >= 4 is 11.9 Å². The fraction of sp³-hybridized carbons (Fsp3) is 0.704. The molecule has 0 aliphatic carbocycles. The molecule has 0 fully saturated rings. The highest BCUT2D eigenvalue weighted by molar-refractivity contribution is 6.03. The number of carbonyl (C=O) groups excluding carboxylic acids is 2. The van der Waals surface area contributed by atoms with Crippen LogP contribution in [0.15, 0.2) is 24.3 Å². The standard InChI is InChI=1S/C27H44O5/c1-4-5-6-7-8-9-10-11-12-15-20-31-26(28)24-16-13-14-17-25(24)27(29)32-22-19-23(2)18-21-30-3/h13-14,16-17,23H,4-12,15,18-22H2,1-3H3. The number of ether oxygens (including phenoxy) is 3.